The average Bonchev–Trinajstić information content (AvgIpc) is 3.62. The first-order valence-electron chi connectivity index (χ1n) is 16.4. The van der Waals surface area contributed by atoms with Crippen LogP contribution in [0, 0.1) is 28.8 Å². The van der Waals surface area contributed by atoms with Crippen LogP contribution in [0.3, 0.4) is 0 Å². The van der Waals surface area contributed by atoms with Crippen LogP contribution in [0.25, 0.3) is 6.08 Å². The summed E-state index contributed by atoms with van der Waals surface area (Å²) in [4.78, 5) is 29.5. The summed E-state index contributed by atoms with van der Waals surface area (Å²) in [6.07, 6.45) is 5.07. The molecule has 4 rings (SSSR count). The minimum atomic E-state index is -4.19. The lowest BCUT2D eigenvalue weighted by Crippen LogP contribution is -2.47. The van der Waals surface area contributed by atoms with Gasteiger partial charge in [-0.05, 0) is 50.1 Å². The number of carbonyl (C=O) groups excluding carboxylic acids is 2. The van der Waals surface area contributed by atoms with Gasteiger partial charge in [0, 0.05) is 35.8 Å². The summed E-state index contributed by atoms with van der Waals surface area (Å²) in [5, 5.41) is 11.8. The van der Waals surface area contributed by atoms with Gasteiger partial charge < -0.3 is 23.7 Å². The van der Waals surface area contributed by atoms with E-state index in [1.54, 1.807) is 25.2 Å². The number of carbonyl (C=O) groups is 2. The minimum Gasteiger partial charge on any atom is -0.425 e. The highest BCUT2D eigenvalue weighted by Crippen LogP contribution is 2.42. The number of allylic oxidation sites excluding steroid dienone is 2. The van der Waals surface area contributed by atoms with Crippen molar-refractivity contribution in [2.24, 2.45) is 0 Å². The van der Waals surface area contributed by atoms with Crippen molar-refractivity contribution in [3.05, 3.63) is 101 Å². The Labute approximate surface area is 313 Å². The van der Waals surface area contributed by atoms with E-state index in [0.717, 1.165) is 18.2 Å². The maximum absolute atomic E-state index is 15.6. The molecule has 1 fully saturated rings. The van der Waals surface area contributed by atoms with E-state index >= 15 is 4.39 Å². The summed E-state index contributed by atoms with van der Waals surface area (Å²) >= 11 is 1.22. The number of nitriles is 1. The molecule has 0 radical (unpaired) electrons. The second-order valence-corrected chi connectivity index (χ2v) is 15.1. The Hall–Kier alpha value is -4.74. The second-order valence-electron chi connectivity index (χ2n) is 11.9. The zero-order valence-electron chi connectivity index (χ0n) is 29.0. The molecule has 0 aliphatic carbocycles. The van der Waals surface area contributed by atoms with Crippen LogP contribution in [0.5, 0.6) is 0 Å². The van der Waals surface area contributed by atoms with Gasteiger partial charge in [0.15, 0.2) is 11.9 Å². The molecule has 19 heteroatoms. The number of thioether (sulfide) groups is 1. The van der Waals surface area contributed by atoms with Gasteiger partial charge in [-0.15, -0.1) is 11.8 Å². The number of halogens is 3. The lowest BCUT2D eigenvalue weighted by atomic mass is 9.89. The highest BCUT2D eigenvalue weighted by Gasteiger charge is 2.47. The maximum Gasteiger partial charge on any atom is 0.512 e. The van der Waals surface area contributed by atoms with Crippen molar-refractivity contribution < 1.29 is 59.4 Å². The van der Waals surface area contributed by atoms with Crippen molar-refractivity contribution in [3.8, 4) is 6.07 Å². The van der Waals surface area contributed by atoms with E-state index in [-0.39, 0.29) is 61.0 Å². The zero-order chi connectivity index (χ0) is 39.3. The molecule has 0 spiro atoms. The number of aromatic nitrogens is 3. The lowest BCUT2D eigenvalue weighted by Gasteiger charge is -2.40. The summed E-state index contributed by atoms with van der Waals surface area (Å²) in [5.41, 5.74) is -1.66. The average molecular weight is 795 g/mol. The summed E-state index contributed by atoms with van der Waals surface area (Å²) < 4.78 is 104. The Morgan fingerprint density at radius 1 is 1.11 bits per heavy atom. The number of ether oxygens (including phenoxy) is 5. The van der Waals surface area contributed by atoms with E-state index in [9.17, 15) is 26.8 Å². The third kappa shape index (κ3) is 12.7. The predicted octanol–water partition coefficient (Wildman–Crippen LogP) is 5.70. The van der Waals surface area contributed by atoms with Crippen molar-refractivity contribution in [1.29, 1.82) is 5.26 Å². The van der Waals surface area contributed by atoms with Crippen molar-refractivity contribution >= 4 is 40.1 Å². The molecule has 0 amide bonds. The van der Waals surface area contributed by atoms with E-state index in [2.05, 4.69) is 10.1 Å². The summed E-state index contributed by atoms with van der Waals surface area (Å²) in [5.74, 6) is -3.82. The summed E-state index contributed by atoms with van der Waals surface area (Å²) in [6, 6.07) is 8.76. The maximum atomic E-state index is 15.6. The molecule has 1 aromatic heterocycles. The Bertz CT molecular complexity index is 1950. The molecule has 3 unspecified atom stereocenters. The number of hydrogen-bond acceptors (Lipinski definition) is 13. The van der Waals surface area contributed by atoms with Gasteiger partial charge in [0.05, 0.1) is 42.4 Å². The molecule has 1 saturated heterocycles. The number of esters is 1. The third-order valence-electron chi connectivity index (χ3n) is 7.84. The van der Waals surface area contributed by atoms with E-state index in [4.69, 9.17) is 33.5 Å². The van der Waals surface area contributed by atoms with E-state index in [0.29, 0.717) is 6.07 Å². The zero-order valence-corrected chi connectivity index (χ0v) is 30.7. The molecule has 0 saturated carbocycles. The molecule has 2 heterocycles. The minimum absolute atomic E-state index is 0.0100. The van der Waals surface area contributed by atoms with Gasteiger partial charge in [-0.3, -0.25) is 9.35 Å². The second kappa shape index (κ2) is 19.5. The molecule has 3 aromatic rings. The predicted molar refractivity (Wildman–Crippen MR) is 187 cm³/mol. The lowest BCUT2D eigenvalue weighted by molar-refractivity contribution is -0.171. The standard InChI is InChI=1S/C35H37F3N4O10S2/c1-23(53-28-18-48-33(49-19-28)9-4-3-7-26-11-10-25(17-39)15-30(26)37)35(20-42-22-40-21-41-42,29-13-12-27(36)16-31(29)38)52-34(44)51-24(2)50-32(43)8-5-6-14-54(45,46)47/h3-4,7,9-13,15-16,21-24,28,33H,5-6,8,14,18-20H2,1-2H3,(H,45,46,47). The molecule has 0 bridgehead atoms. The van der Waals surface area contributed by atoms with Crippen molar-refractivity contribution in [3.63, 3.8) is 0 Å². The van der Waals surface area contributed by atoms with Crippen LogP contribution in [0.2, 0.25) is 0 Å². The largest absolute Gasteiger partial charge is 0.512 e. The van der Waals surface area contributed by atoms with Crippen LogP contribution < -0.4 is 0 Å². The number of rotatable bonds is 17. The Balaban J connectivity index is 1.45. The van der Waals surface area contributed by atoms with Gasteiger partial charge in [0.25, 0.3) is 10.1 Å². The molecule has 14 nitrogen and oxygen atoms in total. The van der Waals surface area contributed by atoms with E-state index in [1.807, 2.05) is 6.07 Å². The van der Waals surface area contributed by atoms with Gasteiger partial charge in [0.1, 0.15) is 30.1 Å². The fourth-order valence-electron chi connectivity index (χ4n) is 5.26. The fraction of sp³-hybridized carbons (Fsp3) is 0.400. The topological polar surface area (TPSA) is 189 Å². The van der Waals surface area contributed by atoms with Crippen LogP contribution in [-0.4, -0.2) is 81.9 Å². The van der Waals surface area contributed by atoms with Crippen LogP contribution >= 0.6 is 11.8 Å². The normalized spacial score (nSPS) is 18.5. The Kier molecular flexibility index (Phi) is 15.2. The molecular weight excluding hydrogens is 758 g/mol. The van der Waals surface area contributed by atoms with Crippen molar-refractivity contribution in [1.82, 2.24) is 14.8 Å². The first-order chi connectivity index (χ1) is 25.7. The van der Waals surface area contributed by atoms with Crippen LogP contribution in [0.4, 0.5) is 18.0 Å². The molecule has 1 aliphatic heterocycles. The van der Waals surface area contributed by atoms with Crippen LogP contribution in [0.1, 0.15) is 49.8 Å². The highest BCUT2D eigenvalue weighted by atomic mass is 32.2. The van der Waals surface area contributed by atoms with E-state index in [1.165, 1.54) is 54.2 Å². The molecule has 2 aromatic carbocycles. The van der Waals surface area contributed by atoms with Gasteiger partial charge in [-0.25, -0.2) is 27.6 Å². The molecular formula is C35H37F3N4O10S2. The Morgan fingerprint density at radius 3 is 2.52 bits per heavy atom. The van der Waals surface area contributed by atoms with Gasteiger partial charge in [0.2, 0.25) is 6.29 Å². The number of hydrogen-bond donors (Lipinski definition) is 1. The SMILES string of the molecule is CC(OC(=O)CCCCS(=O)(=O)O)OC(=O)OC(Cn1cncn1)(c1ccc(F)cc1F)C(C)SC1COC(C=CC=Cc2ccc(C#N)cc2F)OC1. The smallest absolute Gasteiger partial charge is 0.425 e. The first-order valence-corrected chi connectivity index (χ1v) is 19.0. The van der Waals surface area contributed by atoms with Gasteiger partial charge >= 0.3 is 12.1 Å². The molecule has 54 heavy (non-hydrogen) atoms. The first kappa shape index (κ1) is 42.0. The van der Waals surface area contributed by atoms with E-state index < -0.39 is 68.9 Å². The van der Waals surface area contributed by atoms with Crippen LogP contribution in [0.15, 0.2) is 67.3 Å². The molecule has 1 aliphatic rings. The fourth-order valence-corrected chi connectivity index (χ4v) is 7.19. The van der Waals surface area contributed by atoms with Gasteiger partial charge in [-0.2, -0.15) is 18.8 Å². The number of unbranched alkanes of at least 4 members (excludes halogenated alkanes) is 1. The van der Waals surface area contributed by atoms with Crippen molar-refractivity contribution in [2.75, 3.05) is 19.0 Å². The monoisotopic (exact) mass is 794 g/mol. The number of nitrogens with zero attached hydrogens (tertiary/aromatic N) is 4. The molecule has 1 N–H and O–H groups in total. The summed E-state index contributed by atoms with van der Waals surface area (Å²) in [6.45, 7) is 2.85. The number of benzene rings is 2. The quantitative estimate of drug-likeness (QED) is 0.0576. The summed E-state index contributed by atoms with van der Waals surface area (Å²) in [7, 11) is -4.19. The van der Waals surface area contributed by atoms with Crippen molar-refractivity contribution in [2.45, 2.75) is 68.3 Å². The highest BCUT2D eigenvalue weighted by molar-refractivity contribution is 8.00. The molecule has 290 valence electrons. The van der Waals surface area contributed by atoms with Gasteiger partial charge in [-0.1, -0.05) is 24.3 Å². The Morgan fingerprint density at radius 2 is 1.87 bits per heavy atom. The molecule has 3 atom stereocenters. The third-order valence-corrected chi connectivity index (χ3v) is 10.1. The van der Waals surface area contributed by atoms with Crippen LogP contribution in [-0.2, 0) is 50.7 Å².